The molecular formula is C14H23F4N3O2. The van der Waals surface area contributed by atoms with Gasteiger partial charge in [-0.1, -0.05) is 0 Å². The molecule has 2 aliphatic heterocycles. The Hall–Kier alpha value is -0.930. The zero-order valence-electron chi connectivity index (χ0n) is 12.9. The second-order valence-corrected chi connectivity index (χ2v) is 6.23. The van der Waals surface area contributed by atoms with Gasteiger partial charge in [0.05, 0.1) is 12.0 Å². The van der Waals surface area contributed by atoms with Crippen LogP contribution < -0.4 is 5.73 Å². The fourth-order valence-electron chi connectivity index (χ4n) is 3.08. The largest absolute Gasteiger partial charge is 0.381 e. The minimum absolute atomic E-state index is 0.0800. The molecule has 0 aromatic rings. The summed E-state index contributed by atoms with van der Waals surface area (Å²) in [6.07, 6.45) is -2.58. The molecule has 0 saturated carbocycles. The summed E-state index contributed by atoms with van der Waals surface area (Å²) in [6, 6.07) is 0. The van der Waals surface area contributed by atoms with Gasteiger partial charge in [-0.15, -0.1) is 0 Å². The third-order valence-corrected chi connectivity index (χ3v) is 4.71. The highest BCUT2D eigenvalue weighted by Crippen LogP contribution is 2.32. The lowest BCUT2D eigenvalue weighted by molar-refractivity contribution is -0.155. The van der Waals surface area contributed by atoms with Gasteiger partial charge in [-0.25, -0.2) is 8.78 Å². The zero-order chi connectivity index (χ0) is 17.1. The molecular weight excluding hydrogens is 318 g/mol. The molecule has 2 rings (SSSR count). The Labute approximate surface area is 132 Å². The number of rotatable bonds is 5. The number of nitrogens with zero attached hydrogens (tertiary/aromatic N) is 2. The number of carbonyl (C=O) groups is 1. The van der Waals surface area contributed by atoms with Gasteiger partial charge in [0.25, 0.3) is 0 Å². The van der Waals surface area contributed by atoms with E-state index in [9.17, 15) is 22.4 Å². The molecule has 0 bridgehead atoms. The van der Waals surface area contributed by atoms with E-state index >= 15 is 0 Å². The van der Waals surface area contributed by atoms with Gasteiger partial charge in [0, 0.05) is 45.9 Å². The first kappa shape index (κ1) is 18.4. The summed E-state index contributed by atoms with van der Waals surface area (Å²) in [5.41, 5.74) is 5.15. The van der Waals surface area contributed by atoms with Crippen LogP contribution in [0.4, 0.5) is 17.6 Å². The van der Waals surface area contributed by atoms with Crippen molar-refractivity contribution in [1.29, 1.82) is 0 Å². The Morgan fingerprint density at radius 3 is 2.22 bits per heavy atom. The summed E-state index contributed by atoms with van der Waals surface area (Å²) < 4.78 is 55.9. The quantitative estimate of drug-likeness (QED) is 0.751. The molecule has 9 heteroatoms. The van der Waals surface area contributed by atoms with Crippen molar-refractivity contribution in [3.8, 4) is 0 Å². The normalized spacial score (nSPS) is 23.3. The van der Waals surface area contributed by atoms with Crippen molar-refractivity contribution in [2.75, 3.05) is 52.5 Å². The molecule has 0 radical (unpaired) electrons. The van der Waals surface area contributed by atoms with Gasteiger partial charge >= 0.3 is 12.3 Å². The average Bonchev–Trinajstić information content (AvgIpc) is 2.55. The summed E-state index contributed by atoms with van der Waals surface area (Å²) in [4.78, 5) is 15.6. The van der Waals surface area contributed by atoms with E-state index in [0.717, 1.165) is 0 Å². The van der Waals surface area contributed by atoms with Gasteiger partial charge in [0.1, 0.15) is 0 Å². The maximum absolute atomic E-state index is 13.1. The van der Waals surface area contributed by atoms with Crippen LogP contribution in [0.5, 0.6) is 0 Å². The summed E-state index contributed by atoms with van der Waals surface area (Å²) >= 11 is 0. The topological polar surface area (TPSA) is 58.8 Å². The SMILES string of the molecule is NCC1(C(=O)N2CCN(CC(F)(F)C(F)F)CC2)CCOCC1. The standard InChI is InChI=1S/C14H23F4N3O2/c15-11(16)14(17,18)10-20-3-5-21(6-4-20)12(22)13(9-19)1-7-23-8-2-13/h11H,1-10,19H2. The second kappa shape index (κ2) is 7.31. The third kappa shape index (κ3) is 4.13. The number of nitrogens with two attached hydrogens (primary N) is 1. The highest BCUT2D eigenvalue weighted by Gasteiger charge is 2.45. The number of amides is 1. The lowest BCUT2D eigenvalue weighted by Gasteiger charge is -2.42. The molecule has 1 amide bonds. The van der Waals surface area contributed by atoms with Gasteiger partial charge in [0.2, 0.25) is 5.91 Å². The molecule has 5 nitrogen and oxygen atoms in total. The number of piperazine rings is 1. The number of carbonyl (C=O) groups excluding carboxylic acids is 1. The highest BCUT2D eigenvalue weighted by atomic mass is 19.3. The van der Waals surface area contributed by atoms with E-state index in [0.29, 0.717) is 26.1 Å². The molecule has 0 aromatic carbocycles. The number of ether oxygens (including phenoxy) is 1. The van der Waals surface area contributed by atoms with Crippen molar-refractivity contribution >= 4 is 5.91 Å². The highest BCUT2D eigenvalue weighted by molar-refractivity contribution is 5.83. The summed E-state index contributed by atoms with van der Waals surface area (Å²) in [7, 11) is 0. The monoisotopic (exact) mass is 341 g/mol. The molecule has 134 valence electrons. The van der Waals surface area contributed by atoms with Gasteiger partial charge in [-0.05, 0) is 12.8 Å². The van der Waals surface area contributed by atoms with Gasteiger partial charge in [-0.2, -0.15) is 8.78 Å². The van der Waals surface area contributed by atoms with Gasteiger partial charge in [0.15, 0.2) is 0 Å². The first-order chi connectivity index (χ1) is 10.8. The van der Waals surface area contributed by atoms with E-state index in [2.05, 4.69) is 0 Å². The van der Waals surface area contributed by atoms with Crippen molar-refractivity contribution in [3.63, 3.8) is 0 Å². The summed E-state index contributed by atoms with van der Waals surface area (Å²) in [5, 5.41) is 0. The van der Waals surface area contributed by atoms with Crippen LogP contribution in [-0.4, -0.2) is 80.5 Å². The minimum atomic E-state index is -4.02. The van der Waals surface area contributed by atoms with Crippen LogP contribution in [0.2, 0.25) is 0 Å². The van der Waals surface area contributed by atoms with Crippen LogP contribution in [0.1, 0.15) is 12.8 Å². The third-order valence-electron chi connectivity index (χ3n) is 4.71. The number of hydrogen-bond acceptors (Lipinski definition) is 4. The Balaban J connectivity index is 1.89. The first-order valence-corrected chi connectivity index (χ1v) is 7.76. The van der Waals surface area contributed by atoms with Crippen molar-refractivity contribution in [2.24, 2.45) is 11.1 Å². The van der Waals surface area contributed by atoms with Gasteiger partial charge in [-0.3, -0.25) is 9.69 Å². The van der Waals surface area contributed by atoms with Crippen LogP contribution in [0.15, 0.2) is 0 Å². The van der Waals surface area contributed by atoms with Crippen molar-refractivity contribution < 1.29 is 27.1 Å². The zero-order valence-corrected chi connectivity index (χ0v) is 12.9. The maximum Gasteiger partial charge on any atom is 0.319 e. The van der Waals surface area contributed by atoms with Crippen LogP contribution in [0, 0.1) is 5.41 Å². The second-order valence-electron chi connectivity index (χ2n) is 6.23. The molecule has 2 heterocycles. The van der Waals surface area contributed by atoms with Gasteiger partial charge < -0.3 is 15.4 Å². The molecule has 2 N–H and O–H groups in total. The lowest BCUT2D eigenvalue weighted by atomic mass is 9.78. The average molecular weight is 341 g/mol. The smallest absolute Gasteiger partial charge is 0.319 e. The number of hydrogen-bond donors (Lipinski definition) is 1. The predicted molar refractivity (Wildman–Crippen MR) is 75.5 cm³/mol. The fraction of sp³-hybridized carbons (Fsp3) is 0.929. The fourth-order valence-corrected chi connectivity index (χ4v) is 3.08. The Bertz CT molecular complexity index is 409. The molecule has 0 aromatic heterocycles. The minimum Gasteiger partial charge on any atom is -0.381 e. The van der Waals surface area contributed by atoms with E-state index in [4.69, 9.17) is 10.5 Å². The predicted octanol–water partition coefficient (Wildman–Crippen LogP) is 0.786. The molecule has 0 aliphatic carbocycles. The van der Waals surface area contributed by atoms with Crippen LogP contribution in [0.3, 0.4) is 0 Å². The number of alkyl halides is 4. The molecule has 2 aliphatic rings. The molecule has 23 heavy (non-hydrogen) atoms. The van der Waals surface area contributed by atoms with E-state index < -0.39 is 24.3 Å². The first-order valence-electron chi connectivity index (χ1n) is 7.76. The number of halogens is 4. The lowest BCUT2D eigenvalue weighted by Crippen LogP contribution is -2.57. The summed E-state index contributed by atoms with van der Waals surface area (Å²) in [5.74, 6) is -4.10. The van der Waals surface area contributed by atoms with Crippen molar-refractivity contribution in [3.05, 3.63) is 0 Å². The molecule has 2 fully saturated rings. The maximum atomic E-state index is 13.1. The Morgan fingerprint density at radius 2 is 1.74 bits per heavy atom. The van der Waals surface area contributed by atoms with Crippen molar-refractivity contribution in [2.45, 2.75) is 25.2 Å². The van der Waals surface area contributed by atoms with Crippen LogP contribution in [-0.2, 0) is 9.53 Å². The molecule has 0 spiro atoms. The summed E-state index contributed by atoms with van der Waals surface area (Å²) in [6.45, 7) is 1.01. The van der Waals surface area contributed by atoms with Crippen LogP contribution in [0.25, 0.3) is 0 Å². The molecule has 2 saturated heterocycles. The molecule has 0 atom stereocenters. The van der Waals surface area contributed by atoms with E-state index in [1.54, 1.807) is 4.90 Å². The Kier molecular flexibility index (Phi) is 5.85. The molecule has 0 unspecified atom stereocenters. The van der Waals surface area contributed by atoms with E-state index in [1.165, 1.54) is 4.90 Å². The van der Waals surface area contributed by atoms with Crippen molar-refractivity contribution in [1.82, 2.24) is 9.80 Å². The van der Waals surface area contributed by atoms with E-state index in [-0.39, 0.29) is 38.6 Å². The van der Waals surface area contributed by atoms with E-state index in [1.807, 2.05) is 0 Å². The van der Waals surface area contributed by atoms with Crippen LogP contribution >= 0.6 is 0 Å². The Morgan fingerprint density at radius 1 is 1.17 bits per heavy atom.